The quantitative estimate of drug-likeness (QED) is 0.488. The number of amides is 1. The van der Waals surface area contributed by atoms with E-state index in [2.05, 4.69) is 9.97 Å². The van der Waals surface area contributed by atoms with Gasteiger partial charge in [-0.15, -0.1) is 0 Å². The minimum absolute atomic E-state index is 0.0646. The van der Waals surface area contributed by atoms with Gasteiger partial charge in [-0.3, -0.25) is 9.59 Å². The van der Waals surface area contributed by atoms with Crippen molar-refractivity contribution < 1.29 is 9.53 Å². The molecule has 0 saturated carbocycles. The minimum Gasteiger partial charge on any atom is -0.370 e. The van der Waals surface area contributed by atoms with E-state index in [0.29, 0.717) is 41.1 Å². The first kappa shape index (κ1) is 20.8. The fourth-order valence-corrected chi connectivity index (χ4v) is 4.13. The summed E-state index contributed by atoms with van der Waals surface area (Å²) in [7, 11) is 0. The maximum atomic E-state index is 12.8. The van der Waals surface area contributed by atoms with Gasteiger partial charge in [0.05, 0.1) is 35.1 Å². The Labute approximate surface area is 193 Å². The molecule has 162 valence electrons. The molecule has 1 amide bonds. The zero-order chi connectivity index (χ0) is 22.2. The molecule has 32 heavy (non-hydrogen) atoms. The zero-order valence-electron chi connectivity index (χ0n) is 16.8. The van der Waals surface area contributed by atoms with Crippen molar-refractivity contribution in [2.24, 2.45) is 0 Å². The predicted molar refractivity (Wildman–Crippen MR) is 125 cm³/mol. The summed E-state index contributed by atoms with van der Waals surface area (Å²) in [5.41, 5.74) is 3.73. The first-order valence-electron chi connectivity index (χ1n) is 9.99. The molecular weight excluding hydrogens is 451 g/mol. The van der Waals surface area contributed by atoms with Gasteiger partial charge < -0.3 is 19.2 Å². The minimum atomic E-state index is -0.143. The lowest BCUT2D eigenvalue weighted by atomic mass is 10.1. The molecule has 1 aliphatic rings. The number of rotatable bonds is 4. The number of fused-ring (bicyclic) bond motifs is 1. The van der Waals surface area contributed by atoms with Gasteiger partial charge in [-0.1, -0.05) is 29.3 Å². The molecule has 3 aromatic heterocycles. The maximum Gasteiger partial charge on any atom is 0.253 e. The van der Waals surface area contributed by atoms with Crippen LogP contribution in [0.5, 0.6) is 0 Å². The zero-order valence-corrected chi connectivity index (χ0v) is 18.4. The third-order valence-electron chi connectivity index (χ3n) is 5.46. The van der Waals surface area contributed by atoms with Crippen LogP contribution in [0.25, 0.3) is 22.2 Å². The number of anilines is 1. The van der Waals surface area contributed by atoms with E-state index in [1.807, 2.05) is 24.4 Å². The Morgan fingerprint density at radius 1 is 1.09 bits per heavy atom. The van der Waals surface area contributed by atoms with Crippen molar-refractivity contribution in [1.29, 1.82) is 0 Å². The molecule has 9 heteroatoms. The Morgan fingerprint density at radius 3 is 2.75 bits per heavy atom. The number of carbonyl (C=O) groups is 1. The molecule has 1 aliphatic heterocycles. The molecule has 1 saturated heterocycles. The predicted octanol–water partition coefficient (Wildman–Crippen LogP) is 4.11. The highest BCUT2D eigenvalue weighted by Gasteiger charge is 2.21. The summed E-state index contributed by atoms with van der Waals surface area (Å²) in [6, 6.07) is 10.7. The first-order chi connectivity index (χ1) is 15.5. The monoisotopic (exact) mass is 468 g/mol. The van der Waals surface area contributed by atoms with Gasteiger partial charge in [-0.05, 0) is 35.4 Å². The number of hydrogen-bond donors (Lipinski definition) is 1. The molecule has 4 heterocycles. The van der Waals surface area contributed by atoms with Crippen LogP contribution >= 0.6 is 23.2 Å². The van der Waals surface area contributed by atoms with E-state index < -0.39 is 0 Å². The normalized spacial score (nSPS) is 14.3. The SMILES string of the molecule is O=C1COCCN1c1cnc2[nH]cc(-c3ccn(Cc4ccc(Cl)c(Cl)c4)c(=O)c3)c2c1. The number of pyridine rings is 2. The van der Waals surface area contributed by atoms with Crippen LogP contribution in [0, 0.1) is 0 Å². The lowest BCUT2D eigenvalue weighted by Crippen LogP contribution is -2.41. The molecule has 0 atom stereocenters. The van der Waals surface area contributed by atoms with E-state index in [-0.39, 0.29) is 18.1 Å². The molecule has 7 nitrogen and oxygen atoms in total. The van der Waals surface area contributed by atoms with Crippen LogP contribution in [0.4, 0.5) is 5.69 Å². The second kappa shape index (κ2) is 8.43. The van der Waals surface area contributed by atoms with Crippen molar-refractivity contribution in [2.45, 2.75) is 6.54 Å². The number of carbonyl (C=O) groups excluding carboxylic acids is 1. The van der Waals surface area contributed by atoms with E-state index in [1.54, 1.807) is 40.1 Å². The van der Waals surface area contributed by atoms with Gasteiger partial charge in [0.2, 0.25) is 0 Å². The molecule has 1 fully saturated rings. The number of nitrogens with one attached hydrogen (secondary N) is 1. The summed E-state index contributed by atoms with van der Waals surface area (Å²) in [6.07, 6.45) is 5.24. The van der Waals surface area contributed by atoms with Crippen molar-refractivity contribution in [3.63, 3.8) is 0 Å². The number of benzene rings is 1. The molecule has 4 aromatic rings. The van der Waals surface area contributed by atoms with Crippen LogP contribution in [-0.4, -0.2) is 40.2 Å². The average Bonchev–Trinajstić information content (AvgIpc) is 3.21. The van der Waals surface area contributed by atoms with E-state index in [9.17, 15) is 9.59 Å². The highest BCUT2D eigenvalue weighted by atomic mass is 35.5. The number of ether oxygens (including phenoxy) is 1. The number of halogens is 2. The number of aromatic nitrogens is 3. The van der Waals surface area contributed by atoms with Crippen molar-refractivity contribution >= 4 is 45.8 Å². The van der Waals surface area contributed by atoms with Crippen molar-refractivity contribution in [3.8, 4) is 11.1 Å². The van der Waals surface area contributed by atoms with Gasteiger partial charge in [-0.2, -0.15) is 0 Å². The first-order valence-corrected chi connectivity index (χ1v) is 10.8. The molecule has 5 rings (SSSR count). The van der Waals surface area contributed by atoms with Crippen LogP contribution in [-0.2, 0) is 16.1 Å². The maximum absolute atomic E-state index is 12.8. The van der Waals surface area contributed by atoms with Gasteiger partial charge in [0.1, 0.15) is 12.3 Å². The van der Waals surface area contributed by atoms with E-state index in [1.165, 1.54) is 0 Å². The summed E-state index contributed by atoms with van der Waals surface area (Å²) in [4.78, 5) is 34.3. The summed E-state index contributed by atoms with van der Waals surface area (Å²) in [5.74, 6) is -0.0978. The Balaban J connectivity index is 1.47. The summed E-state index contributed by atoms with van der Waals surface area (Å²) in [5, 5.41) is 1.77. The van der Waals surface area contributed by atoms with Crippen LogP contribution in [0.15, 0.2) is 59.8 Å². The van der Waals surface area contributed by atoms with Crippen molar-refractivity contribution in [3.05, 3.63) is 81.0 Å². The largest absolute Gasteiger partial charge is 0.370 e. The fourth-order valence-electron chi connectivity index (χ4n) is 3.81. The molecular formula is C23H18Cl2N4O3. The van der Waals surface area contributed by atoms with Crippen LogP contribution in [0.3, 0.4) is 0 Å². The molecule has 0 spiro atoms. The summed E-state index contributed by atoms with van der Waals surface area (Å²) in [6.45, 7) is 1.42. The lowest BCUT2D eigenvalue weighted by molar-refractivity contribution is -0.125. The summed E-state index contributed by atoms with van der Waals surface area (Å²) < 4.78 is 6.81. The van der Waals surface area contributed by atoms with Gasteiger partial charge in [0, 0.05) is 36.0 Å². The van der Waals surface area contributed by atoms with E-state index in [0.717, 1.165) is 22.1 Å². The van der Waals surface area contributed by atoms with Gasteiger partial charge in [-0.25, -0.2) is 4.98 Å². The number of aromatic amines is 1. The second-order valence-corrected chi connectivity index (χ2v) is 8.33. The highest BCUT2D eigenvalue weighted by Crippen LogP contribution is 2.30. The number of morpholine rings is 1. The fraction of sp³-hybridized carbons (Fsp3) is 0.174. The molecule has 0 unspecified atom stereocenters. The molecule has 1 aromatic carbocycles. The smallest absolute Gasteiger partial charge is 0.253 e. The molecule has 1 N–H and O–H groups in total. The van der Waals surface area contributed by atoms with Gasteiger partial charge >= 0.3 is 0 Å². The number of nitrogens with zero attached hydrogens (tertiary/aromatic N) is 3. The summed E-state index contributed by atoms with van der Waals surface area (Å²) >= 11 is 12.1. The van der Waals surface area contributed by atoms with Crippen LogP contribution in [0.2, 0.25) is 10.0 Å². The Morgan fingerprint density at radius 2 is 1.97 bits per heavy atom. The van der Waals surface area contributed by atoms with Gasteiger partial charge in [0.25, 0.3) is 11.5 Å². The van der Waals surface area contributed by atoms with E-state index >= 15 is 0 Å². The molecule has 0 aliphatic carbocycles. The van der Waals surface area contributed by atoms with Crippen LogP contribution < -0.4 is 10.5 Å². The van der Waals surface area contributed by atoms with Crippen molar-refractivity contribution in [1.82, 2.24) is 14.5 Å². The van der Waals surface area contributed by atoms with Gasteiger partial charge in [0.15, 0.2) is 0 Å². The average molecular weight is 469 g/mol. The third kappa shape index (κ3) is 3.90. The third-order valence-corrected chi connectivity index (χ3v) is 6.20. The second-order valence-electron chi connectivity index (χ2n) is 7.52. The molecule has 0 bridgehead atoms. The standard InChI is InChI=1S/C23H18Cl2N4O3/c24-19-2-1-14(7-20(19)25)12-28-4-3-15(8-21(28)30)18-11-27-23-17(18)9-16(10-26-23)29-5-6-32-13-22(29)31/h1-4,7-11H,5-6,12-13H2,(H,26,27). The number of hydrogen-bond acceptors (Lipinski definition) is 4. The Hall–Kier alpha value is -3.13. The lowest BCUT2D eigenvalue weighted by Gasteiger charge is -2.26. The Kier molecular flexibility index (Phi) is 5.46. The molecule has 0 radical (unpaired) electrons. The van der Waals surface area contributed by atoms with E-state index in [4.69, 9.17) is 27.9 Å². The van der Waals surface area contributed by atoms with Crippen LogP contribution in [0.1, 0.15) is 5.56 Å². The number of H-pyrrole nitrogens is 1. The topological polar surface area (TPSA) is 80.2 Å². The highest BCUT2D eigenvalue weighted by molar-refractivity contribution is 6.42. The Bertz CT molecular complexity index is 1400. The van der Waals surface area contributed by atoms with Crippen molar-refractivity contribution in [2.75, 3.05) is 24.7 Å².